The Morgan fingerprint density at radius 2 is 2.00 bits per heavy atom. The van der Waals surface area contributed by atoms with E-state index < -0.39 is 24.3 Å². The zero-order valence-corrected chi connectivity index (χ0v) is 15.5. The number of hydrogen-bond donors (Lipinski definition) is 2. The van der Waals surface area contributed by atoms with E-state index in [9.17, 15) is 9.59 Å². The van der Waals surface area contributed by atoms with E-state index in [1.807, 2.05) is 6.08 Å². The Balaban J connectivity index is 2.05. The Morgan fingerprint density at radius 3 is 2.69 bits per heavy atom. The predicted molar refractivity (Wildman–Crippen MR) is 108 cm³/mol. The van der Waals surface area contributed by atoms with Crippen LogP contribution in [0, 0.1) is 5.82 Å². The number of hydrogen-bond acceptors (Lipinski definition) is 3. The van der Waals surface area contributed by atoms with Gasteiger partial charge in [-0.15, -0.1) is 0 Å². The van der Waals surface area contributed by atoms with Gasteiger partial charge in [-0.3, -0.25) is 4.79 Å². The molecule has 0 aliphatic heterocycles. The van der Waals surface area contributed by atoms with Crippen LogP contribution in [0.3, 0.4) is 0 Å². The number of fused-ring (bicyclic) bond motifs is 3. The number of primary amides is 1. The second-order valence-electron chi connectivity index (χ2n) is 6.86. The number of halogens is 1. The fraction of sp³-hybridized carbons (Fsp3) is 0.182. The van der Waals surface area contributed by atoms with Crippen molar-refractivity contribution in [3.63, 3.8) is 0 Å². The number of carboxylic acid groups (broad SMARTS) is 1. The van der Waals surface area contributed by atoms with Gasteiger partial charge in [0.05, 0.1) is 16.4 Å². The minimum atomic E-state index is -1.15. The molecule has 0 saturated carbocycles. The molecule has 4 rings (SSSR count). The van der Waals surface area contributed by atoms with Crippen LogP contribution in [0.15, 0.2) is 54.1 Å². The van der Waals surface area contributed by atoms with Crippen molar-refractivity contribution in [1.82, 2.24) is 4.57 Å². The summed E-state index contributed by atoms with van der Waals surface area (Å²) in [4.78, 5) is 23.1. The van der Waals surface area contributed by atoms with Crippen LogP contribution < -0.4 is 10.5 Å². The third-order valence-corrected chi connectivity index (χ3v) is 4.97. The Morgan fingerprint density at radius 1 is 1.17 bits per heavy atom. The number of allylic oxidation sites excluding steroid dienone is 4. The Hall–Kier alpha value is -3.61. The molecule has 3 aromatic rings. The highest BCUT2D eigenvalue weighted by atomic mass is 19.1. The quantitative estimate of drug-likeness (QED) is 0.665. The smallest absolute Gasteiger partial charge is 0.341 e. The van der Waals surface area contributed by atoms with E-state index in [-0.39, 0.29) is 16.8 Å². The summed E-state index contributed by atoms with van der Waals surface area (Å²) in [7, 11) is 0. The van der Waals surface area contributed by atoms with Gasteiger partial charge in [-0.25, -0.2) is 9.18 Å². The molecule has 148 valence electrons. The number of rotatable bonds is 6. The highest BCUT2D eigenvalue weighted by Gasteiger charge is 2.23. The molecule has 3 N–H and O–H groups in total. The lowest BCUT2D eigenvalue weighted by molar-refractivity contribution is -0.139. The van der Waals surface area contributed by atoms with Crippen molar-refractivity contribution in [3.05, 3.63) is 65.5 Å². The van der Waals surface area contributed by atoms with Gasteiger partial charge in [-0.2, -0.15) is 0 Å². The third-order valence-electron chi connectivity index (χ3n) is 4.97. The van der Waals surface area contributed by atoms with Crippen LogP contribution in [0.25, 0.3) is 21.8 Å². The molecule has 7 heteroatoms. The number of amides is 1. The van der Waals surface area contributed by atoms with Crippen molar-refractivity contribution in [3.8, 4) is 5.75 Å². The number of carbonyl (C=O) groups is 2. The molecule has 1 aliphatic rings. The molecule has 6 nitrogen and oxygen atoms in total. The van der Waals surface area contributed by atoms with Crippen LogP contribution in [0.5, 0.6) is 5.75 Å². The van der Waals surface area contributed by atoms with Crippen LogP contribution in [0.1, 0.15) is 23.2 Å². The number of carboxylic acids is 1. The first kappa shape index (κ1) is 18.7. The molecule has 1 aliphatic carbocycles. The number of carbonyl (C=O) groups excluding carboxylic acids is 1. The van der Waals surface area contributed by atoms with Crippen LogP contribution in [0.4, 0.5) is 4.39 Å². The second kappa shape index (κ2) is 7.43. The van der Waals surface area contributed by atoms with Crippen molar-refractivity contribution in [2.45, 2.75) is 19.4 Å². The molecule has 2 aromatic carbocycles. The van der Waals surface area contributed by atoms with Crippen molar-refractivity contribution < 1.29 is 23.8 Å². The number of aliphatic carboxylic acids is 1. The summed E-state index contributed by atoms with van der Waals surface area (Å²) < 4.78 is 22.2. The molecule has 29 heavy (non-hydrogen) atoms. The summed E-state index contributed by atoms with van der Waals surface area (Å²) in [5, 5.41) is 9.78. The molecular formula is C22H19FN2O4. The Kier molecular flexibility index (Phi) is 4.80. The summed E-state index contributed by atoms with van der Waals surface area (Å²) in [5.74, 6) is -2.11. The lowest BCUT2D eigenvalue weighted by Gasteiger charge is -2.12. The first-order valence-electron chi connectivity index (χ1n) is 9.20. The van der Waals surface area contributed by atoms with Crippen molar-refractivity contribution in [2.75, 3.05) is 6.61 Å². The molecule has 0 saturated heterocycles. The van der Waals surface area contributed by atoms with Crippen molar-refractivity contribution in [1.29, 1.82) is 0 Å². The van der Waals surface area contributed by atoms with E-state index in [0.717, 1.165) is 18.4 Å². The van der Waals surface area contributed by atoms with Gasteiger partial charge in [-0.1, -0.05) is 24.3 Å². The number of nitrogens with zero attached hydrogens (tertiary/aromatic N) is 1. The van der Waals surface area contributed by atoms with Gasteiger partial charge in [0.15, 0.2) is 6.61 Å². The van der Waals surface area contributed by atoms with Crippen molar-refractivity contribution in [2.24, 2.45) is 5.73 Å². The van der Waals surface area contributed by atoms with Gasteiger partial charge in [-0.05, 0) is 42.7 Å². The first-order chi connectivity index (χ1) is 14.0. The summed E-state index contributed by atoms with van der Waals surface area (Å²) in [6.07, 6.45) is 8.03. The Labute approximate surface area is 165 Å². The minimum absolute atomic E-state index is 0.189. The van der Waals surface area contributed by atoms with E-state index in [2.05, 4.69) is 12.2 Å². The lowest BCUT2D eigenvalue weighted by Crippen LogP contribution is -2.11. The molecular weight excluding hydrogens is 375 g/mol. The summed E-state index contributed by atoms with van der Waals surface area (Å²) in [5.41, 5.74) is 7.70. The van der Waals surface area contributed by atoms with Gasteiger partial charge in [0.2, 0.25) is 5.91 Å². The maximum atomic E-state index is 15.0. The maximum absolute atomic E-state index is 15.0. The fourth-order valence-electron chi connectivity index (χ4n) is 3.80. The average molecular weight is 394 g/mol. The molecule has 1 amide bonds. The zero-order valence-electron chi connectivity index (χ0n) is 15.5. The molecule has 0 atom stereocenters. The maximum Gasteiger partial charge on any atom is 0.341 e. The minimum Gasteiger partial charge on any atom is -0.481 e. The SMILES string of the molecule is NC(=O)c1cccc2c1c1c(OCC(=O)O)ccc(F)c1n2CC1=CCCC=C1. The largest absolute Gasteiger partial charge is 0.481 e. The monoisotopic (exact) mass is 394 g/mol. The van der Waals surface area contributed by atoms with Crippen LogP contribution >= 0.6 is 0 Å². The number of nitrogens with two attached hydrogens (primary N) is 1. The van der Waals surface area contributed by atoms with Crippen LogP contribution in [-0.4, -0.2) is 28.2 Å². The Bertz CT molecular complexity index is 1210. The van der Waals surface area contributed by atoms with Gasteiger partial charge in [0.1, 0.15) is 11.6 Å². The van der Waals surface area contributed by atoms with E-state index >= 15 is 4.39 Å². The van der Waals surface area contributed by atoms with Gasteiger partial charge in [0.25, 0.3) is 0 Å². The molecule has 1 heterocycles. The molecule has 0 unspecified atom stereocenters. The first-order valence-corrected chi connectivity index (χ1v) is 9.20. The molecule has 0 spiro atoms. The number of aromatic nitrogens is 1. The van der Waals surface area contributed by atoms with E-state index in [4.69, 9.17) is 15.6 Å². The second-order valence-corrected chi connectivity index (χ2v) is 6.86. The highest BCUT2D eigenvalue weighted by molar-refractivity contribution is 6.19. The lowest BCUT2D eigenvalue weighted by atomic mass is 10.1. The zero-order chi connectivity index (χ0) is 20.5. The highest BCUT2D eigenvalue weighted by Crippen LogP contribution is 2.39. The van der Waals surface area contributed by atoms with Gasteiger partial charge < -0.3 is 20.1 Å². The topological polar surface area (TPSA) is 94.6 Å². The van der Waals surface area contributed by atoms with E-state index in [1.54, 1.807) is 22.8 Å². The molecule has 0 fully saturated rings. The van der Waals surface area contributed by atoms with Crippen molar-refractivity contribution >= 4 is 33.7 Å². The number of benzene rings is 2. The third kappa shape index (κ3) is 3.35. The van der Waals surface area contributed by atoms with E-state index in [1.165, 1.54) is 12.1 Å². The molecule has 1 aromatic heterocycles. The van der Waals surface area contributed by atoms with Gasteiger partial charge in [0, 0.05) is 17.5 Å². The number of ether oxygens (including phenoxy) is 1. The fourth-order valence-corrected chi connectivity index (χ4v) is 3.80. The average Bonchev–Trinajstić information content (AvgIpc) is 3.03. The normalized spacial score (nSPS) is 13.6. The van der Waals surface area contributed by atoms with Gasteiger partial charge >= 0.3 is 5.97 Å². The summed E-state index contributed by atoms with van der Waals surface area (Å²) >= 11 is 0. The van der Waals surface area contributed by atoms with Crippen LogP contribution in [-0.2, 0) is 11.3 Å². The molecule has 0 radical (unpaired) electrons. The summed E-state index contributed by atoms with van der Waals surface area (Å²) in [6, 6.07) is 7.67. The predicted octanol–water partition coefficient (Wildman–Crippen LogP) is 3.77. The van der Waals surface area contributed by atoms with E-state index in [0.29, 0.717) is 22.8 Å². The van der Waals surface area contributed by atoms with Crippen LogP contribution in [0.2, 0.25) is 0 Å². The standard InChI is InChI=1S/C22H19FN2O4/c23-15-9-10-17(29-12-18(26)27)20-19-14(22(24)28)7-4-8-16(19)25(21(15)20)11-13-5-2-1-3-6-13/h2,4-10H,1,3,11-12H2,(H2,24,28)(H,26,27). The molecule has 0 bridgehead atoms. The summed E-state index contributed by atoms with van der Waals surface area (Å²) in [6.45, 7) is -0.182.